The fourth-order valence-electron chi connectivity index (χ4n) is 2.51. The van der Waals surface area contributed by atoms with Crippen LogP contribution >= 0.6 is 11.3 Å². The van der Waals surface area contributed by atoms with Crippen molar-refractivity contribution < 1.29 is 23.5 Å². The highest BCUT2D eigenvalue weighted by atomic mass is 32.1. The molecule has 0 aliphatic rings. The Kier molecular flexibility index (Phi) is 4.85. The van der Waals surface area contributed by atoms with E-state index in [1.54, 1.807) is 38.1 Å². The van der Waals surface area contributed by atoms with Gasteiger partial charge in [-0.15, -0.1) is 11.3 Å². The number of nitrogens with zero attached hydrogens (tertiary/aromatic N) is 1. The van der Waals surface area contributed by atoms with Crippen molar-refractivity contribution in [2.24, 2.45) is 0 Å². The van der Waals surface area contributed by atoms with Crippen LogP contribution in [0.4, 0.5) is 5.69 Å². The number of carbonyl (C=O) groups excluding carboxylic acids is 3. The van der Waals surface area contributed by atoms with E-state index in [9.17, 15) is 14.4 Å². The summed E-state index contributed by atoms with van der Waals surface area (Å²) in [7, 11) is 0. The third-order valence-corrected chi connectivity index (χ3v) is 4.66. The molecule has 0 bridgehead atoms. The second kappa shape index (κ2) is 7.09. The average molecular weight is 372 g/mol. The Morgan fingerprint density at radius 2 is 1.96 bits per heavy atom. The van der Waals surface area contributed by atoms with Crippen LogP contribution in [0.5, 0.6) is 0 Å². The molecule has 2 aromatic heterocycles. The standard InChI is InChI=1S/C18H16N2O5S/c1-9-17(26-11(3)19-9)18(23)24-8-14(22)20-15-12-6-4-5-7-13(12)25-16(15)10(2)21/h4-7H,8H2,1-3H3,(H,20,22). The van der Waals surface area contributed by atoms with E-state index in [-0.39, 0.29) is 17.2 Å². The van der Waals surface area contributed by atoms with E-state index in [1.165, 1.54) is 18.3 Å². The molecular formula is C18H16N2O5S. The number of thiazole rings is 1. The smallest absolute Gasteiger partial charge is 0.350 e. The number of rotatable bonds is 5. The summed E-state index contributed by atoms with van der Waals surface area (Å²) in [4.78, 5) is 40.6. The highest BCUT2D eigenvalue weighted by molar-refractivity contribution is 7.13. The van der Waals surface area contributed by atoms with Crippen LogP contribution in [-0.2, 0) is 9.53 Å². The number of carbonyl (C=O) groups is 3. The molecule has 0 aliphatic carbocycles. The number of aromatic nitrogens is 1. The molecule has 0 radical (unpaired) electrons. The number of Topliss-reactive ketones (excluding diaryl/α,β-unsaturated/α-hetero) is 1. The van der Waals surface area contributed by atoms with E-state index in [1.807, 2.05) is 0 Å². The first-order valence-electron chi connectivity index (χ1n) is 7.80. The molecule has 7 nitrogen and oxygen atoms in total. The number of benzene rings is 1. The first-order chi connectivity index (χ1) is 12.4. The number of esters is 1. The molecule has 1 N–H and O–H groups in total. The lowest BCUT2D eigenvalue weighted by molar-refractivity contribution is -0.119. The van der Waals surface area contributed by atoms with Gasteiger partial charge in [-0.1, -0.05) is 12.1 Å². The minimum Gasteiger partial charge on any atom is -0.451 e. The second-order valence-corrected chi connectivity index (χ2v) is 6.83. The highest BCUT2D eigenvalue weighted by Gasteiger charge is 2.21. The lowest BCUT2D eigenvalue weighted by Gasteiger charge is -2.06. The van der Waals surface area contributed by atoms with Crippen molar-refractivity contribution in [2.45, 2.75) is 20.8 Å². The number of amides is 1. The Hall–Kier alpha value is -3.00. The molecule has 134 valence electrons. The van der Waals surface area contributed by atoms with Crippen molar-refractivity contribution >= 4 is 45.7 Å². The molecule has 2 heterocycles. The lowest BCUT2D eigenvalue weighted by atomic mass is 10.2. The van der Waals surface area contributed by atoms with Crippen LogP contribution < -0.4 is 5.32 Å². The largest absolute Gasteiger partial charge is 0.451 e. The molecule has 0 unspecified atom stereocenters. The number of anilines is 1. The van der Waals surface area contributed by atoms with Gasteiger partial charge in [0.15, 0.2) is 18.2 Å². The van der Waals surface area contributed by atoms with E-state index in [0.717, 1.165) is 5.01 Å². The number of ether oxygens (including phenoxy) is 1. The van der Waals surface area contributed by atoms with Crippen molar-refractivity contribution in [1.29, 1.82) is 0 Å². The molecule has 26 heavy (non-hydrogen) atoms. The number of para-hydroxylation sites is 1. The van der Waals surface area contributed by atoms with E-state index in [0.29, 0.717) is 21.5 Å². The summed E-state index contributed by atoms with van der Waals surface area (Å²) in [5.41, 5.74) is 1.33. The van der Waals surface area contributed by atoms with Crippen LogP contribution in [0.15, 0.2) is 28.7 Å². The number of nitrogens with one attached hydrogen (secondary N) is 1. The van der Waals surface area contributed by atoms with E-state index >= 15 is 0 Å². The number of aryl methyl sites for hydroxylation is 2. The predicted molar refractivity (Wildman–Crippen MR) is 96.7 cm³/mol. The maximum absolute atomic E-state index is 12.2. The number of ketones is 1. The summed E-state index contributed by atoms with van der Waals surface area (Å²) in [6.45, 7) is 4.36. The van der Waals surface area contributed by atoms with E-state index in [4.69, 9.17) is 9.15 Å². The van der Waals surface area contributed by atoms with Crippen molar-refractivity contribution in [3.63, 3.8) is 0 Å². The molecule has 0 atom stereocenters. The minimum absolute atomic E-state index is 0.0554. The van der Waals surface area contributed by atoms with Crippen LogP contribution in [0.3, 0.4) is 0 Å². The number of hydrogen-bond acceptors (Lipinski definition) is 7. The molecule has 3 aromatic rings. The average Bonchev–Trinajstić information content (AvgIpc) is 3.13. The normalized spacial score (nSPS) is 10.7. The minimum atomic E-state index is -0.605. The third-order valence-electron chi connectivity index (χ3n) is 3.60. The second-order valence-electron chi connectivity index (χ2n) is 5.63. The summed E-state index contributed by atoms with van der Waals surface area (Å²) in [5, 5.41) is 3.95. The van der Waals surface area contributed by atoms with Gasteiger partial charge in [0.25, 0.3) is 5.91 Å². The van der Waals surface area contributed by atoms with E-state index < -0.39 is 18.5 Å². The molecule has 0 fully saturated rings. The molecule has 8 heteroatoms. The third kappa shape index (κ3) is 3.50. The quantitative estimate of drug-likeness (QED) is 0.544. The van der Waals surface area contributed by atoms with Crippen molar-refractivity contribution in [3.05, 3.63) is 45.6 Å². The Labute approximate surface area is 153 Å². The van der Waals surface area contributed by atoms with E-state index in [2.05, 4.69) is 10.3 Å². The van der Waals surface area contributed by atoms with Crippen LogP contribution in [0.2, 0.25) is 0 Å². The zero-order valence-corrected chi connectivity index (χ0v) is 15.2. The van der Waals surface area contributed by atoms with Gasteiger partial charge in [0.1, 0.15) is 10.5 Å². The Morgan fingerprint density at radius 3 is 2.62 bits per heavy atom. The van der Waals surface area contributed by atoms with Gasteiger partial charge in [-0.05, 0) is 26.0 Å². The zero-order chi connectivity index (χ0) is 18.8. The molecule has 1 aromatic carbocycles. The van der Waals surface area contributed by atoms with Gasteiger partial charge in [-0.25, -0.2) is 9.78 Å². The van der Waals surface area contributed by atoms with Gasteiger partial charge < -0.3 is 14.5 Å². The van der Waals surface area contributed by atoms with Gasteiger partial charge in [0.2, 0.25) is 0 Å². The van der Waals surface area contributed by atoms with Crippen LogP contribution in [0.1, 0.15) is 37.9 Å². The Bertz CT molecular complexity index is 1020. The summed E-state index contributed by atoms with van der Waals surface area (Å²) in [6.07, 6.45) is 0. The van der Waals surface area contributed by atoms with Crippen molar-refractivity contribution in [1.82, 2.24) is 4.98 Å². The zero-order valence-electron chi connectivity index (χ0n) is 14.4. The van der Waals surface area contributed by atoms with Crippen LogP contribution in [-0.4, -0.2) is 29.3 Å². The molecule has 0 saturated carbocycles. The lowest BCUT2D eigenvalue weighted by Crippen LogP contribution is -2.21. The van der Waals surface area contributed by atoms with Gasteiger partial charge >= 0.3 is 5.97 Å². The molecule has 0 aliphatic heterocycles. The monoisotopic (exact) mass is 372 g/mol. The summed E-state index contributed by atoms with van der Waals surface area (Å²) in [6, 6.07) is 6.97. The molecule has 3 rings (SSSR count). The molecule has 0 spiro atoms. The van der Waals surface area contributed by atoms with Crippen LogP contribution in [0, 0.1) is 13.8 Å². The Balaban J connectivity index is 1.73. The predicted octanol–water partition coefficient (Wildman–Crippen LogP) is 3.50. The molecule has 1 amide bonds. The topological polar surface area (TPSA) is 98.5 Å². The maximum atomic E-state index is 12.2. The maximum Gasteiger partial charge on any atom is 0.350 e. The van der Waals surface area contributed by atoms with Crippen LogP contribution in [0.25, 0.3) is 11.0 Å². The number of furan rings is 1. The van der Waals surface area contributed by atoms with Gasteiger partial charge in [-0.3, -0.25) is 9.59 Å². The summed E-state index contributed by atoms with van der Waals surface area (Å²) in [5.74, 6) is -1.43. The first kappa shape index (κ1) is 17.8. The fraction of sp³-hybridized carbons (Fsp3) is 0.222. The molecular weight excluding hydrogens is 356 g/mol. The van der Waals surface area contributed by atoms with Crippen molar-refractivity contribution in [3.8, 4) is 0 Å². The Morgan fingerprint density at radius 1 is 1.23 bits per heavy atom. The summed E-state index contributed by atoms with van der Waals surface area (Å²) >= 11 is 1.21. The number of hydrogen-bond donors (Lipinski definition) is 1. The van der Waals surface area contributed by atoms with Gasteiger partial charge in [0.05, 0.1) is 16.4 Å². The number of fused-ring (bicyclic) bond motifs is 1. The van der Waals surface area contributed by atoms with Crippen molar-refractivity contribution in [2.75, 3.05) is 11.9 Å². The highest BCUT2D eigenvalue weighted by Crippen LogP contribution is 2.31. The van der Waals surface area contributed by atoms with Gasteiger partial charge in [-0.2, -0.15) is 0 Å². The van der Waals surface area contributed by atoms with Gasteiger partial charge in [0, 0.05) is 12.3 Å². The SMILES string of the molecule is CC(=O)c1oc2ccccc2c1NC(=O)COC(=O)c1sc(C)nc1C. The summed E-state index contributed by atoms with van der Waals surface area (Å²) < 4.78 is 10.5. The molecule has 0 saturated heterocycles. The first-order valence-corrected chi connectivity index (χ1v) is 8.62. The fourth-order valence-corrected chi connectivity index (χ4v) is 3.32.